The molecule has 188 valence electrons. The van der Waals surface area contributed by atoms with Crippen molar-refractivity contribution in [1.29, 1.82) is 5.26 Å². The Bertz CT molecular complexity index is 1190. The molecular weight excluding hydrogens is 482 g/mol. The van der Waals surface area contributed by atoms with Gasteiger partial charge >= 0.3 is 12.0 Å². The average Bonchev–Trinajstić information content (AvgIpc) is 3.58. The molecule has 11 nitrogen and oxygen atoms in total. The molecule has 3 amide bonds. The fourth-order valence-corrected chi connectivity index (χ4v) is 3.99. The summed E-state index contributed by atoms with van der Waals surface area (Å²) in [6, 6.07) is 8.42. The summed E-state index contributed by atoms with van der Waals surface area (Å²) >= 11 is 1.09. The maximum atomic E-state index is 13.0. The van der Waals surface area contributed by atoms with Crippen LogP contribution < -0.4 is 15.5 Å². The van der Waals surface area contributed by atoms with Gasteiger partial charge in [0.05, 0.1) is 43.7 Å². The lowest BCUT2D eigenvalue weighted by Gasteiger charge is -2.20. The summed E-state index contributed by atoms with van der Waals surface area (Å²) in [5.41, 5.74) is 1.28. The number of imidazole rings is 1. The van der Waals surface area contributed by atoms with Crippen LogP contribution in [0.5, 0.6) is 0 Å². The highest BCUT2D eigenvalue weighted by Crippen LogP contribution is 2.24. The minimum atomic E-state index is -0.467. The maximum absolute atomic E-state index is 13.0. The van der Waals surface area contributed by atoms with E-state index in [1.54, 1.807) is 43.7 Å². The lowest BCUT2D eigenvalue weighted by Crippen LogP contribution is -2.40. The number of hydrogen-bond donors (Lipinski definition) is 2. The number of aromatic nitrogens is 3. The number of amides is 3. The number of carbonyl (C=O) groups is 3. The first-order valence-corrected chi connectivity index (χ1v) is 12.2. The first kappa shape index (κ1) is 26.4. The van der Waals surface area contributed by atoms with Crippen molar-refractivity contribution in [2.24, 2.45) is 0 Å². The fourth-order valence-electron chi connectivity index (χ4n) is 3.16. The second-order valence-corrected chi connectivity index (χ2v) is 8.61. The summed E-state index contributed by atoms with van der Waals surface area (Å²) < 4.78 is 6.82. The SMILES string of the molecule is CCOC(=O)CCNC(=O)N(Cc1ccc(C#N)cc1)c1ncc(C(=O)NCCCn2ccnc2)s1. The van der Waals surface area contributed by atoms with Crippen molar-refractivity contribution in [3.63, 3.8) is 0 Å². The Morgan fingerprint density at radius 1 is 1.19 bits per heavy atom. The Kier molecular flexibility index (Phi) is 9.96. The fraction of sp³-hybridized carbons (Fsp3) is 0.333. The van der Waals surface area contributed by atoms with E-state index in [1.165, 1.54) is 11.1 Å². The van der Waals surface area contributed by atoms with Gasteiger partial charge in [0, 0.05) is 32.0 Å². The van der Waals surface area contributed by atoms with Gasteiger partial charge in [0.15, 0.2) is 5.13 Å². The molecule has 0 unspecified atom stereocenters. The average molecular weight is 510 g/mol. The summed E-state index contributed by atoms with van der Waals surface area (Å²) in [5, 5.41) is 14.9. The number of esters is 1. The van der Waals surface area contributed by atoms with Gasteiger partial charge in [-0.15, -0.1) is 0 Å². The van der Waals surface area contributed by atoms with E-state index in [0.717, 1.165) is 29.9 Å². The summed E-state index contributed by atoms with van der Waals surface area (Å²) in [4.78, 5) is 47.2. The van der Waals surface area contributed by atoms with Crippen LogP contribution in [0.4, 0.5) is 9.93 Å². The van der Waals surface area contributed by atoms with Gasteiger partial charge in [0.25, 0.3) is 5.91 Å². The smallest absolute Gasteiger partial charge is 0.324 e. The molecule has 0 aliphatic heterocycles. The van der Waals surface area contributed by atoms with Gasteiger partial charge in [-0.05, 0) is 31.0 Å². The number of nitrogens with zero attached hydrogens (tertiary/aromatic N) is 5. The lowest BCUT2D eigenvalue weighted by atomic mass is 10.1. The predicted octanol–water partition coefficient (Wildman–Crippen LogP) is 2.70. The molecule has 1 aromatic carbocycles. The van der Waals surface area contributed by atoms with Gasteiger partial charge < -0.3 is 19.9 Å². The zero-order valence-electron chi connectivity index (χ0n) is 19.8. The van der Waals surface area contributed by atoms with Crippen molar-refractivity contribution >= 4 is 34.4 Å². The minimum absolute atomic E-state index is 0.0366. The number of anilines is 1. The molecule has 3 rings (SSSR count). The number of aryl methyl sites for hydroxylation is 1. The van der Waals surface area contributed by atoms with Crippen LogP contribution in [0.1, 0.15) is 40.6 Å². The first-order valence-electron chi connectivity index (χ1n) is 11.4. The van der Waals surface area contributed by atoms with E-state index in [4.69, 9.17) is 10.00 Å². The Morgan fingerprint density at radius 3 is 2.69 bits per heavy atom. The monoisotopic (exact) mass is 509 g/mol. The molecule has 0 fully saturated rings. The Hall–Kier alpha value is -4.24. The second-order valence-electron chi connectivity index (χ2n) is 7.60. The molecule has 2 heterocycles. The Morgan fingerprint density at radius 2 is 2.00 bits per heavy atom. The van der Waals surface area contributed by atoms with E-state index < -0.39 is 12.0 Å². The van der Waals surface area contributed by atoms with E-state index >= 15 is 0 Å². The highest BCUT2D eigenvalue weighted by Gasteiger charge is 2.21. The van der Waals surface area contributed by atoms with Crippen molar-refractivity contribution < 1.29 is 19.1 Å². The van der Waals surface area contributed by atoms with Gasteiger partial charge in [-0.2, -0.15) is 5.26 Å². The highest BCUT2D eigenvalue weighted by atomic mass is 32.1. The van der Waals surface area contributed by atoms with Crippen LogP contribution in [-0.4, -0.2) is 52.1 Å². The van der Waals surface area contributed by atoms with Gasteiger partial charge in [-0.1, -0.05) is 23.5 Å². The minimum Gasteiger partial charge on any atom is -0.466 e. The van der Waals surface area contributed by atoms with Crippen LogP contribution in [0, 0.1) is 11.3 Å². The molecule has 0 saturated carbocycles. The Balaban J connectivity index is 1.64. The van der Waals surface area contributed by atoms with Crippen molar-refractivity contribution in [2.45, 2.75) is 32.9 Å². The number of nitriles is 1. The molecule has 12 heteroatoms. The molecule has 2 aromatic heterocycles. The standard InChI is InChI=1S/C24H27N7O4S/c1-2-35-21(32)8-10-28-23(34)31(16-19-6-4-18(14-25)5-7-19)24-29-15-20(36-24)22(33)27-9-3-12-30-13-11-26-17-30/h4-7,11,13,15,17H,2-3,8-10,12,16H2,1H3,(H,27,33)(H,28,34). The summed E-state index contributed by atoms with van der Waals surface area (Å²) in [6.07, 6.45) is 7.49. The van der Waals surface area contributed by atoms with E-state index in [1.807, 2.05) is 10.8 Å². The number of ether oxygens (including phenoxy) is 1. The molecule has 0 radical (unpaired) electrons. The van der Waals surface area contributed by atoms with Crippen molar-refractivity contribution in [1.82, 2.24) is 25.2 Å². The molecule has 0 saturated heterocycles. The lowest BCUT2D eigenvalue weighted by molar-refractivity contribution is -0.142. The van der Waals surface area contributed by atoms with Gasteiger partial charge in [0.1, 0.15) is 4.88 Å². The molecule has 0 aliphatic rings. The van der Waals surface area contributed by atoms with E-state index in [9.17, 15) is 14.4 Å². The summed E-state index contributed by atoms with van der Waals surface area (Å²) in [7, 11) is 0. The molecule has 0 aliphatic carbocycles. The van der Waals surface area contributed by atoms with Crippen LogP contribution in [0.15, 0.2) is 49.2 Å². The van der Waals surface area contributed by atoms with E-state index in [2.05, 4.69) is 26.7 Å². The molecule has 0 atom stereocenters. The molecule has 2 N–H and O–H groups in total. The van der Waals surface area contributed by atoms with Crippen LogP contribution >= 0.6 is 11.3 Å². The van der Waals surface area contributed by atoms with Crippen molar-refractivity contribution in [3.05, 3.63) is 65.2 Å². The number of nitrogens with one attached hydrogen (secondary N) is 2. The largest absolute Gasteiger partial charge is 0.466 e. The summed E-state index contributed by atoms with van der Waals surface area (Å²) in [6.45, 7) is 3.45. The van der Waals surface area contributed by atoms with E-state index in [0.29, 0.717) is 22.1 Å². The zero-order chi connectivity index (χ0) is 25.8. The normalized spacial score (nSPS) is 10.3. The van der Waals surface area contributed by atoms with Gasteiger partial charge in [-0.25, -0.2) is 14.8 Å². The third kappa shape index (κ3) is 7.92. The quantitative estimate of drug-likeness (QED) is 0.282. The first-order chi connectivity index (χ1) is 17.5. The molecule has 0 bridgehead atoms. The number of hydrogen-bond acceptors (Lipinski definition) is 8. The third-order valence-corrected chi connectivity index (χ3v) is 5.98. The van der Waals surface area contributed by atoms with Crippen LogP contribution in [-0.2, 0) is 22.6 Å². The molecule has 36 heavy (non-hydrogen) atoms. The molecule has 0 spiro atoms. The summed E-state index contributed by atoms with van der Waals surface area (Å²) in [5.74, 6) is -0.678. The maximum Gasteiger partial charge on any atom is 0.324 e. The van der Waals surface area contributed by atoms with Crippen LogP contribution in [0.3, 0.4) is 0 Å². The number of carbonyl (C=O) groups excluding carboxylic acids is 3. The zero-order valence-corrected chi connectivity index (χ0v) is 20.7. The van der Waals surface area contributed by atoms with E-state index in [-0.39, 0.29) is 32.0 Å². The Labute approximate surface area is 212 Å². The van der Waals surface area contributed by atoms with Crippen LogP contribution in [0.2, 0.25) is 0 Å². The van der Waals surface area contributed by atoms with Gasteiger partial charge in [0.2, 0.25) is 0 Å². The highest BCUT2D eigenvalue weighted by molar-refractivity contribution is 7.17. The number of rotatable bonds is 12. The van der Waals surface area contributed by atoms with Crippen molar-refractivity contribution in [3.8, 4) is 6.07 Å². The van der Waals surface area contributed by atoms with Crippen molar-refractivity contribution in [2.75, 3.05) is 24.6 Å². The predicted molar refractivity (Wildman–Crippen MR) is 133 cm³/mol. The molecule has 3 aromatic rings. The van der Waals surface area contributed by atoms with Gasteiger partial charge in [-0.3, -0.25) is 14.5 Å². The second kappa shape index (κ2) is 13.6. The topological polar surface area (TPSA) is 142 Å². The number of urea groups is 1. The third-order valence-electron chi connectivity index (χ3n) is 4.97. The van der Waals surface area contributed by atoms with Crippen LogP contribution in [0.25, 0.3) is 0 Å². The number of thiazole rings is 1. The molecular formula is C24H27N7O4S. The number of benzene rings is 1.